The van der Waals surface area contributed by atoms with Gasteiger partial charge in [0.25, 0.3) is 0 Å². The van der Waals surface area contributed by atoms with Crippen LogP contribution in [0.4, 0.5) is 10.2 Å². The number of hydrogen-bond donors (Lipinski definition) is 3. The van der Waals surface area contributed by atoms with Crippen molar-refractivity contribution in [2.75, 3.05) is 12.3 Å². The number of nitrogen functional groups attached to an aromatic ring is 1. The molecule has 1 aliphatic rings. The van der Waals surface area contributed by atoms with Gasteiger partial charge in [0.05, 0.1) is 6.10 Å². The predicted molar refractivity (Wildman–Crippen MR) is 131 cm³/mol. The van der Waals surface area contributed by atoms with E-state index in [1.807, 2.05) is 0 Å². The molecular weight excluding hydrogens is 512 g/mol. The molecular formula is C22H29FN5O8P. The summed E-state index contributed by atoms with van der Waals surface area (Å²) < 4.78 is 51.5. The summed E-state index contributed by atoms with van der Waals surface area (Å²) in [4.78, 5) is 31.7. The number of carbonyl (C=O) groups is 1. The summed E-state index contributed by atoms with van der Waals surface area (Å²) in [5.74, 6) is -0.708. The number of benzene rings is 1. The second kappa shape index (κ2) is 11.5. The molecule has 4 N–H and O–H groups in total. The minimum atomic E-state index is -4.42. The first kappa shape index (κ1) is 28.4. The number of aromatic nitrogens is 2. The lowest BCUT2D eigenvalue weighted by Gasteiger charge is -2.29. The fraction of sp³-hybridized carbons (Fsp3) is 0.455. The Balaban J connectivity index is 1.86. The third-order valence-electron chi connectivity index (χ3n) is 5.21. The number of anilines is 1. The van der Waals surface area contributed by atoms with E-state index in [0.717, 1.165) is 10.8 Å². The molecule has 0 radical (unpaired) electrons. The Morgan fingerprint density at radius 1 is 1.38 bits per heavy atom. The summed E-state index contributed by atoms with van der Waals surface area (Å²) in [5.41, 5.74) is 2.27. The third-order valence-corrected chi connectivity index (χ3v) is 6.83. The van der Waals surface area contributed by atoms with Crippen molar-refractivity contribution in [1.29, 1.82) is 0 Å². The first-order chi connectivity index (χ1) is 17.4. The van der Waals surface area contributed by atoms with Gasteiger partial charge in [-0.2, -0.15) is 10.1 Å². The molecule has 1 saturated heterocycles. The molecule has 1 aromatic carbocycles. The molecule has 1 aliphatic heterocycles. The van der Waals surface area contributed by atoms with Gasteiger partial charge in [-0.3, -0.25) is 18.9 Å². The molecule has 3 rings (SSSR count). The zero-order valence-corrected chi connectivity index (χ0v) is 21.3. The average molecular weight is 541 g/mol. The Morgan fingerprint density at radius 3 is 2.65 bits per heavy atom. The summed E-state index contributed by atoms with van der Waals surface area (Å²) in [6.45, 7) is 7.09. The molecule has 0 bridgehead atoms. The normalized spacial score (nSPS) is 25.8. The van der Waals surface area contributed by atoms with Gasteiger partial charge in [-0.25, -0.2) is 13.8 Å². The van der Waals surface area contributed by atoms with E-state index >= 15 is 4.39 Å². The Hall–Kier alpha value is -3.16. The monoisotopic (exact) mass is 541 g/mol. The highest BCUT2D eigenvalue weighted by Crippen LogP contribution is 2.48. The number of halogens is 1. The summed E-state index contributed by atoms with van der Waals surface area (Å²) >= 11 is 0. The number of nitrogens with zero attached hydrogens (tertiary/aromatic N) is 3. The van der Waals surface area contributed by atoms with Crippen LogP contribution in [0.15, 0.2) is 52.4 Å². The van der Waals surface area contributed by atoms with E-state index in [4.69, 9.17) is 24.3 Å². The van der Waals surface area contributed by atoms with E-state index in [9.17, 15) is 19.3 Å². The van der Waals surface area contributed by atoms with Crippen molar-refractivity contribution in [1.82, 2.24) is 14.6 Å². The first-order valence-electron chi connectivity index (χ1n) is 11.2. The van der Waals surface area contributed by atoms with Crippen LogP contribution in [-0.2, 0) is 23.4 Å². The lowest BCUT2D eigenvalue weighted by Crippen LogP contribution is -2.43. The summed E-state index contributed by atoms with van der Waals surface area (Å²) in [5, 5.41) is 13.0. The number of aliphatic hydroxyl groups excluding tert-OH is 1. The van der Waals surface area contributed by atoms with Gasteiger partial charge in [-0.1, -0.05) is 18.2 Å². The summed E-state index contributed by atoms with van der Waals surface area (Å²) in [6.07, 6.45) is -5.03. The van der Waals surface area contributed by atoms with E-state index < -0.39 is 62.4 Å². The van der Waals surface area contributed by atoms with Crippen LogP contribution < -0.4 is 21.0 Å². The molecule has 2 heterocycles. The molecule has 0 saturated carbocycles. The molecule has 1 unspecified atom stereocenters. The van der Waals surface area contributed by atoms with Gasteiger partial charge in [-0.15, -0.1) is 0 Å². The van der Waals surface area contributed by atoms with Gasteiger partial charge in [-0.05, 0) is 45.7 Å². The average Bonchev–Trinajstić information content (AvgIpc) is 3.08. The van der Waals surface area contributed by atoms with Crippen LogP contribution in [0, 0.1) is 0 Å². The number of aliphatic hydroxyl groups is 1. The molecule has 15 heteroatoms. The third kappa shape index (κ3) is 6.59. The molecule has 1 aromatic heterocycles. The van der Waals surface area contributed by atoms with Crippen molar-refractivity contribution in [3.63, 3.8) is 0 Å². The highest BCUT2D eigenvalue weighted by molar-refractivity contribution is 7.52. The maximum Gasteiger partial charge on any atom is 0.459 e. The van der Waals surface area contributed by atoms with Crippen LogP contribution >= 0.6 is 7.75 Å². The van der Waals surface area contributed by atoms with E-state index in [1.165, 1.54) is 25.1 Å². The van der Waals surface area contributed by atoms with E-state index in [1.54, 1.807) is 32.0 Å². The van der Waals surface area contributed by atoms with Gasteiger partial charge in [0.1, 0.15) is 30.3 Å². The smallest absolute Gasteiger partial charge is 0.459 e. The van der Waals surface area contributed by atoms with Crippen molar-refractivity contribution in [3.05, 3.63) is 53.1 Å². The minimum Gasteiger partial charge on any atom is -0.462 e. The highest BCUT2D eigenvalue weighted by Gasteiger charge is 2.57. The fourth-order valence-corrected chi connectivity index (χ4v) is 4.91. The quantitative estimate of drug-likeness (QED) is 0.214. The van der Waals surface area contributed by atoms with E-state index in [-0.39, 0.29) is 11.6 Å². The largest absolute Gasteiger partial charge is 0.462 e. The Bertz CT molecular complexity index is 1220. The molecule has 13 nitrogen and oxygen atoms in total. The van der Waals surface area contributed by atoms with Gasteiger partial charge < -0.3 is 24.8 Å². The van der Waals surface area contributed by atoms with Crippen LogP contribution in [0.5, 0.6) is 5.75 Å². The zero-order chi connectivity index (χ0) is 27.4. The van der Waals surface area contributed by atoms with Crippen molar-refractivity contribution in [3.8, 4) is 5.75 Å². The van der Waals surface area contributed by atoms with Crippen molar-refractivity contribution in [2.45, 2.75) is 57.1 Å². The lowest BCUT2D eigenvalue weighted by atomic mass is 10.1. The molecule has 0 aliphatic carbocycles. The fourth-order valence-electron chi connectivity index (χ4n) is 3.39. The van der Waals surface area contributed by atoms with Gasteiger partial charge in [0.15, 0.2) is 12.4 Å². The maximum atomic E-state index is 15.3. The van der Waals surface area contributed by atoms with Gasteiger partial charge in [0, 0.05) is 6.20 Å². The molecule has 0 spiro atoms. The number of nitrogens with one attached hydrogen (secondary N) is 1. The van der Waals surface area contributed by atoms with Crippen LogP contribution in [0.25, 0.3) is 0 Å². The van der Waals surface area contributed by atoms with E-state index in [0.29, 0.717) is 0 Å². The van der Waals surface area contributed by atoms with Crippen molar-refractivity contribution < 1.29 is 37.4 Å². The minimum absolute atomic E-state index is 0.0860. The number of aliphatic imine (C=N–C) groups is 1. The van der Waals surface area contributed by atoms with Crippen LogP contribution in [-0.4, -0.2) is 64.1 Å². The molecule has 0 amide bonds. The number of carbonyl (C=O) groups excluding carboxylic acids is 1. The number of hydrogen-bond acceptors (Lipinski definition) is 11. The number of nitrogens with two attached hydrogens (primary N) is 1. The molecule has 6 atom stereocenters. The van der Waals surface area contributed by atoms with Gasteiger partial charge >= 0.3 is 19.4 Å². The number of ether oxygens (including phenoxy) is 2. The number of rotatable bonds is 11. The summed E-state index contributed by atoms with van der Waals surface area (Å²) in [6, 6.07) is 7.99. The Morgan fingerprint density at radius 2 is 2.05 bits per heavy atom. The van der Waals surface area contributed by atoms with Crippen LogP contribution in [0.1, 0.15) is 27.0 Å². The Kier molecular flexibility index (Phi) is 8.82. The molecule has 1 fully saturated rings. The second-order valence-electron chi connectivity index (χ2n) is 8.46. The number of esters is 1. The molecule has 37 heavy (non-hydrogen) atoms. The van der Waals surface area contributed by atoms with Crippen molar-refractivity contribution >= 4 is 26.3 Å². The highest BCUT2D eigenvalue weighted by atomic mass is 31.2. The van der Waals surface area contributed by atoms with Crippen LogP contribution in [0.3, 0.4) is 0 Å². The number of para-hydroxylation sites is 1. The van der Waals surface area contributed by atoms with Crippen LogP contribution in [0.2, 0.25) is 0 Å². The Labute approximate surface area is 212 Å². The molecule has 2 aromatic rings. The lowest BCUT2D eigenvalue weighted by molar-refractivity contribution is -0.149. The SMILES string of the molecule is C=N[C@]1(COP(=O)(N[C@@H](C)C(=O)OC(C)C)Oc2ccccc2)O[C@@H](n2ccc(N)nc2=O)[C@H](O)[C@@H]1F. The zero-order valence-electron chi connectivity index (χ0n) is 20.4. The van der Waals surface area contributed by atoms with Gasteiger partial charge in [0.2, 0.25) is 5.72 Å². The topological polar surface area (TPSA) is 177 Å². The summed E-state index contributed by atoms with van der Waals surface area (Å²) in [7, 11) is -4.42. The maximum absolute atomic E-state index is 15.3. The standard InChI is InChI=1S/C22H29FN5O8P/c1-13(2)34-20(30)14(3)27-37(32,36-15-8-6-5-7-9-15)33-12-22(25-4)18(23)17(29)19(35-22)28-11-10-16(24)26-21(28)31/h5-11,13-14,17-19,29H,4,12H2,1-3H3,(H,27,32)(H2,24,26,31)/t14-,17+,18-,19+,22+,37?/m0/s1. The molecule has 202 valence electrons. The van der Waals surface area contributed by atoms with E-state index in [2.05, 4.69) is 21.8 Å². The second-order valence-corrected chi connectivity index (χ2v) is 10.2. The predicted octanol–water partition coefficient (Wildman–Crippen LogP) is 1.58. The number of alkyl halides is 1. The first-order valence-corrected chi connectivity index (χ1v) is 12.7. The van der Waals surface area contributed by atoms with Crippen molar-refractivity contribution in [2.24, 2.45) is 4.99 Å².